The molecule has 0 fully saturated rings. The van der Waals surface area contributed by atoms with Gasteiger partial charge in [-0.1, -0.05) is 44.2 Å². The minimum absolute atomic E-state index is 0.256. The standard InChI is InChI=1S/C35H33F3N6O3S/c1-21(2)28-17-16-27(46-4)18-31(28)44-22(3)19-48-34(44)41-33(45)40-30-7-5-6-29(30)23-8-10-24(11-9-23)32-39-20-43(42-32)25-12-14-26(15-13-25)47-35(36,37)38/h8-21H,5-7H2,1-4H3,(H,40,45)/b41-34-. The van der Waals surface area contributed by atoms with Crippen LogP contribution in [0.3, 0.4) is 0 Å². The number of methoxy groups -OCH3 is 1. The van der Waals surface area contributed by atoms with Crippen LogP contribution in [0.25, 0.3) is 28.3 Å². The molecule has 2 heterocycles. The normalized spacial score (nSPS) is 13.8. The van der Waals surface area contributed by atoms with E-state index in [4.69, 9.17) is 4.74 Å². The number of carbonyl (C=O) groups is 1. The monoisotopic (exact) mass is 674 g/mol. The molecule has 3 aromatic carbocycles. The Morgan fingerprint density at radius 3 is 2.40 bits per heavy atom. The first-order valence-electron chi connectivity index (χ1n) is 15.3. The quantitative estimate of drug-likeness (QED) is 0.179. The smallest absolute Gasteiger partial charge is 0.497 e. The zero-order valence-electron chi connectivity index (χ0n) is 26.7. The van der Waals surface area contributed by atoms with E-state index in [1.54, 1.807) is 7.11 Å². The third-order valence-corrected chi connectivity index (χ3v) is 8.91. The van der Waals surface area contributed by atoms with Crippen LogP contribution in [-0.4, -0.2) is 38.8 Å². The highest BCUT2D eigenvalue weighted by Crippen LogP contribution is 2.34. The first kappa shape index (κ1) is 32.8. The third-order valence-electron chi connectivity index (χ3n) is 7.97. The van der Waals surface area contributed by atoms with Crippen molar-refractivity contribution >= 4 is 22.9 Å². The van der Waals surface area contributed by atoms with Crippen LogP contribution in [0.2, 0.25) is 0 Å². The summed E-state index contributed by atoms with van der Waals surface area (Å²) in [5.41, 5.74) is 7.21. The van der Waals surface area contributed by atoms with Gasteiger partial charge in [-0.3, -0.25) is 4.57 Å². The lowest BCUT2D eigenvalue weighted by Crippen LogP contribution is -2.24. The third kappa shape index (κ3) is 7.20. The van der Waals surface area contributed by atoms with Crippen LogP contribution >= 0.6 is 11.3 Å². The van der Waals surface area contributed by atoms with E-state index < -0.39 is 12.4 Å². The van der Waals surface area contributed by atoms with Crippen molar-refractivity contribution in [2.45, 2.75) is 52.3 Å². The van der Waals surface area contributed by atoms with Gasteiger partial charge in [0.1, 0.15) is 17.8 Å². The maximum atomic E-state index is 13.3. The number of nitrogens with one attached hydrogen (secondary N) is 1. The number of ether oxygens (including phenoxy) is 2. The lowest BCUT2D eigenvalue weighted by Gasteiger charge is -2.16. The molecule has 2 amide bonds. The second-order valence-corrected chi connectivity index (χ2v) is 12.4. The fourth-order valence-electron chi connectivity index (χ4n) is 5.68. The Labute approximate surface area is 279 Å². The molecule has 0 aliphatic heterocycles. The number of nitrogens with zero attached hydrogens (tertiary/aromatic N) is 5. The fourth-order valence-corrected chi connectivity index (χ4v) is 6.55. The Morgan fingerprint density at radius 2 is 1.71 bits per heavy atom. The number of urea groups is 1. The number of thiazole rings is 1. The number of aromatic nitrogens is 4. The van der Waals surface area contributed by atoms with Crippen LogP contribution < -0.4 is 19.6 Å². The highest BCUT2D eigenvalue weighted by molar-refractivity contribution is 7.07. The predicted octanol–water partition coefficient (Wildman–Crippen LogP) is 8.33. The molecular weight excluding hydrogens is 641 g/mol. The molecule has 0 radical (unpaired) electrons. The Bertz CT molecular complexity index is 2040. The van der Waals surface area contributed by atoms with Crippen molar-refractivity contribution < 1.29 is 27.4 Å². The molecule has 0 spiro atoms. The van der Waals surface area contributed by atoms with E-state index in [1.807, 2.05) is 59.3 Å². The van der Waals surface area contributed by atoms with Crippen molar-refractivity contribution in [1.29, 1.82) is 0 Å². The molecule has 9 nitrogen and oxygen atoms in total. The van der Waals surface area contributed by atoms with Gasteiger partial charge in [0.05, 0.1) is 18.5 Å². The topological polar surface area (TPSA) is 95.6 Å². The average Bonchev–Trinajstić information content (AvgIpc) is 3.81. The summed E-state index contributed by atoms with van der Waals surface area (Å²) in [6.45, 7) is 6.25. The van der Waals surface area contributed by atoms with Crippen molar-refractivity contribution in [2.75, 3.05) is 7.11 Å². The Kier molecular flexibility index (Phi) is 9.22. The van der Waals surface area contributed by atoms with E-state index in [9.17, 15) is 18.0 Å². The van der Waals surface area contributed by atoms with Crippen LogP contribution in [0.4, 0.5) is 18.0 Å². The lowest BCUT2D eigenvalue weighted by atomic mass is 10.0. The van der Waals surface area contributed by atoms with Gasteiger partial charge in [-0.2, -0.15) is 4.99 Å². The highest BCUT2D eigenvalue weighted by Gasteiger charge is 2.31. The van der Waals surface area contributed by atoms with E-state index in [0.717, 1.165) is 64.4 Å². The number of aryl methyl sites for hydroxylation is 1. The molecule has 0 saturated heterocycles. The first-order valence-corrected chi connectivity index (χ1v) is 16.2. The van der Waals surface area contributed by atoms with Crippen molar-refractivity contribution in [1.82, 2.24) is 24.6 Å². The Balaban J connectivity index is 1.20. The van der Waals surface area contributed by atoms with Crippen LogP contribution in [0, 0.1) is 6.92 Å². The van der Waals surface area contributed by atoms with E-state index in [1.165, 1.54) is 46.6 Å². The number of halogens is 3. The van der Waals surface area contributed by atoms with Crippen LogP contribution in [-0.2, 0) is 0 Å². The molecule has 0 atom stereocenters. The van der Waals surface area contributed by atoms with Crippen molar-refractivity contribution in [3.63, 3.8) is 0 Å². The second-order valence-electron chi connectivity index (χ2n) is 11.6. The lowest BCUT2D eigenvalue weighted by molar-refractivity contribution is -0.274. The van der Waals surface area contributed by atoms with Crippen molar-refractivity contribution in [3.05, 3.63) is 106 Å². The van der Waals surface area contributed by atoms with Crippen molar-refractivity contribution in [3.8, 4) is 34.3 Å². The number of alkyl halides is 3. The van der Waals surface area contributed by atoms with Crippen LogP contribution in [0.15, 0.2) is 89.1 Å². The summed E-state index contributed by atoms with van der Waals surface area (Å²) in [4.78, 5) is 22.7. The molecule has 5 aromatic rings. The van der Waals surface area contributed by atoms with Gasteiger partial charge < -0.3 is 14.8 Å². The molecule has 248 valence electrons. The largest absolute Gasteiger partial charge is 0.573 e. The van der Waals surface area contributed by atoms with Gasteiger partial charge in [-0.15, -0.1) is 29.6 Å². The van der Waals surface area contributed by atoms with Gasteiger partial charge in [0.15, 0.2) is 10.6 Å². The van der Waals surface area contributed by atoms with Gasteiger partial charge in [0.2, 0.25) is 0 Å². The number of carbonyl (C=O) groups excluding carboxylic acids is 1. The second kappa shape index (κ2) is 13.5. The number of rotatable bonds is 8. The zero-order chi connectivity index (χ0) is 34.0. The number of benzene rings is 3. The van der Waals surface area contributed by atoms with E-state index >= 15 is 0 Å². The molecule has 0 unspecified atom stereocenters. The zero-order valence-corrected chi connectivity index (χ0v) is 27.5. The molecule has 0 saturated carbocycles. The fraction of sp³-hybridized carbons (Fsp3) is 0.257. The van der Waals surface area contributed by atoms with Gasteiger partial charge in [-0.25, -0.2) is 14.5 Å². The van der Waals surface area contributed by atoms with Gasteiger partial charge in [0.25, 0.3) is 0 Å². The van der Waals surface area contributed by atoms with Gasteiger partial charge in [-0.05, 0) is 79.1 Å². The molecule has 1 N–H and O–H groups in total. The maximum Gasteiger partial charge on any atom is 0.573 e. The van der Waals surface area contributed by atoms with E-state index in [-0.39, 0.29) is 11.7 Å². The van der Waals surface area contributed by atoms with Gasteiger partial charge >= 0.3 is 12.4 Å². The molecule has 13 heteroatoms. The molecule has 1 aliphatic carbocycles. The van der Waals surface area contributed by atoms with E-state index in [2.05, 4.69) is 39.0 Å². The first-order chi connectivity index (χ1) is 23.0. The molecule has 0 bridgehead atoms. The maximum absolute atomic E-state index is 13.3. The molecule has 6 rings (SSSR count). The van der Waals surface area contributed by atoms with Crippen LogP contribution in [0.1, 0.15) is 55.8 Å². The van der Waals surface area contributed by atoms with E-state index in [0.29, 0.717) is 16.3 Å². The number of hydrogen-bond acceptors (Lipinski definition) is 6. The minimum atomic E-state index is -4.76. The van der Waals surface area contributed by atoms with Gasteiger partial charge in [0, 0.05) is 28.4 Å². The summed E-state index contributed by atoms with van der Waals surface area (Å²) < 4.78 is 50.3. The average molecular weight is 675 g/mol. The summed E-state index contributed by atoms with van der Waals surface area (Å²) in [6, 6.07) is 18.7. The molecular formula is C35H33F3N6O3S. The summed E-state index contributed by atoms with van der Waals surface area (Å²) in [5, 5.41) is 9.52. The summed E-state index contributed by atoms with van der Waals surface area (Å²) in [7, 11) is 1.63. The number of hydrogen-bond donors (Lipinski definition) is 1. The number of amides is 2. The van der Waals surface area contributed by atoms with Crippen LogP contribution in [0.5, 0.6) is 11.5 Å². The highest BCUT2D eigenvalue weighted by atomic mass is 32.1. The number of allylic oxidation sites excluding steroid dienone is 2. The van der Waals surface area contributed by atoms with Crippen molar-refractivity contribution in [2.24, 2.45) is 4.99 Å². The Morgan fingerprint density at radius 1 is 1.00 bits per heavy atom. The SMILES string of the molecule is COc1ccc(C(C)C)c(-n2c(C)cs/c2=N\C(=O)NC2=C(c3ccc(-c4ncn(-c5ccc(OC(F)(F)F)cc5)n4)cc3)CCC2)c1. The summed E-state index contributed by atoms with van der Waals surface area (Å²) in [5.74, 6) is 1.13. The molecule has 1 aliphatic rings. The summed E-state index contributed by atoms with van der Waals surface area (Å²) >= 11 is 1.41. The Hall–Kier alpha value is -5.17. The predicted molar refractivity (Wildman–Crippen MR) is 177 cm³/mol. The molecule has 48 heavy (non-hydrogen) atoms. The molecule has 2 aromatic heterocycles. The summed E-state index contributed by atoms with van der Waals surface area (Å²) in [6.07, 6.45) is -0.808. The minimum Gasteiger partial charge on any atom is -0.497 e.